The molecular weight excluding hydrogens is 290 g/mol. The predicted molar refractivity (Wildman–Crippen MR) is 89.6 cm³/mol. The Hall–Kier alpha value is -2.95. The molecule has 0 spiro atoms. The highest BCUT2D eigenvalue weighted by Crippen LogP contribution is 2.32. The van der Waals surface area contributed by atoms with Crippen LogP contribution in [-0.4, -0.2) is 25.6 Å². The molecule has 2 aromatic carbocycles. The van der Waals surface area contributed by atoms with Gasteiger partial charge in [0, 0.05) is 5.39 Å². The van der Waals surface area contributed by atoms with Crippen LogP contribution in [0.4, 0.5) is 0 Å². The fraction of sp³-hybridized carbons (Fsp3) is 0.167. The van der Waals surface area contributed by atoms with Crippen LogP contribution in [0.15, 0.2) is 36.4 Å². The molecule has 0 aliphatic heterocycles. The third kappa shape index (κ3) is 1.97. The highest BCUT2D eigenvalue weighted by atomic mass is 16.4. The van der Waals surface area contributed by atoms with E-state index < -0.39 is 5.97 Å². The van der Waals surface area contributed by atoms with E-state index in [-0.39, 0.29) is 6.54 Å². The van der Waals surface area contributed by atoms with E-state index in [9.17, 15) is 9.90 Å². The summed E-state index contributed by atoms with van der Waals surface area (Å²) in [4.78, 5) is 20.8. The van der Waals surface area contributed by atoms with E-state index in [0.717, 1.165) is 38.6 Å². The number of rotatable bonds is 2. The van der Waals surface area contributed by atoms with Gasteiger partial charge in [0.05, 0.1) is 16.6 Å². The minimum Gasteiger partial charge on any atom is -0.480 e. The number of aryl methyl sites for hydroxylation is 2. The Labute approximate surface area is 132 Å². The molecule has 114 valence electrons. The van der Waals surface area contributed by atoms with Crippen molar-refractivity contribution < 1.29 is 9.90 Å². The molecule has 4 rings (SSSR count). The third-order valence-electron chi connectivity index (χ3n) is 4.20. The number of aliphatic carboxylic acids is 1. The van der Waals surface area contributed by atoms with Gasteiger partial charge in [0.1, 0.15) is 12.1 Å². The molecule has 0 saturated heterocycles. The average molecular weight is 305 g/mol. The molecule has 5 nitrogen and oxygen atoms in total. The molecule has 2 aromatic heterocycles. The van der Waals surface area contributed by atoms with E-state index in [2.05, 4.69) is 4.98 Å². The molecule has 0 aliphatic rings. The summed E-state index contributed by atoms with van der Waals surface area (Å²) < 4.78 is 1.76. The predicted octanol–water partition coefficient (Wildman–Crippen LogP) is 3.44. The lowest BCUT2D eigenvalue weighted by molar-refractivity contribution is -0.137. The number of hydrogen-bond acceptors (Lipinski definition) is 3. The van der Waals surface area contributed by atoms with E-state index in [0.29, 0.717) is 5.65 Å². The van der Waals surface area contributed by atoms with Crippen LogP contribution in [0.25, 0.3) is 33.1 Å². The van der Waals surface area contributed by atoms with Crippen molar-refractivity contribution in [2.75, 3.05) is 0 Å². The zero-order valence-electron chi connectivity index (χ0n) is 12.9. The second-order valence-corrected chi connectivity index (χ2v) is 5.79. The van der Waals surface area contributed by atoms with Gasteiger partial charge in [0.15, 0.2) is 5.65 Å². The summed E-state index contributed by atoms with van der Waals surface area (Å²) in [5.74, 6) is -0.889. The van der Waals surface area contributed by atoms with E-state index in [1.165, 1.54) is 0 Å². The maximum atomic E-state index is 11.3. The lowest BCUT2D eigenvalue weighted by atomic mass is 10.1. The first kappa shape index (κ1) is 13.7. The Morgan fingerprint density at radius 3 is 2.39 bits per heavy atom. The van der Waals surface area contributed by atoms with Crippen molar-refractivity contribution in [2.24, 2.45) is 0 Å². The van der Waals surface area contributed by atoms with Gasteiger partial charge in [-0.25, -0.2) is 9.97 Å². The van der Waals surface area contributed by atoms with Crippen LogP contribution in [0.5, 0.6) is 0 Å². The summed E-state index contributed by atoms with van der Waals surface area (Å²) >= 11 is 0. The maximum Gasteiger partial charge on any atom is 0.323 e. The molecule has 0 bridgehead atoms. The molecule has 0 atom stereocenters. The largest absolute Gasteiger partial charge is 0.480 e. The van der Waals surface area contributed by atoms with Crippen molar-refractivity contribution in [3.63, 3.8) is 0 Å². The van der Waals surface area contributed by atoms with E-state index in [4.69, 9.17) is 4.98 Å². The normalized spacial score (nSPS) is 11.6. The first-order chi connectivity index (χ1) is 11.1. The smallest absolute Gasteiger partial charge is 0.323 e. The highest BCUT2D eigenvalue weighted by Gasteiger charge is 2.19. The Morgan fingerprint density at radius 2 is 1.70 bits per heavy atom. The topological polar surface area (TPSA) is 68.0 Å². The molecule has 1 N–H and O–H groups in total. The SMILES string of the molecule is Cc1ccc(C)c2c1c1nc3ccccc3nc1n2CC(=O)O. The van der Waals surface area contributed by atoms with Gasteiger partial charge < -0.3 is 9.67 Å². The fourth-order valence-electron chi connectivity index (χ4n) is 3.18. The van der Waals surface area contributed by atoms with Crippen LogP contribution in [0.2, 0.25) is 0 Å². The summed E-state index contributed by atoms with van der Waals surface area (Å²) in [6, 6.07) is 11.7. The van der Waals surface area contributed by atoms with Crippen molar-refractivity contribution in [3.8, 4) is 0 Å². The zero-order chi connectivity index (χ0) is 16.1. The van der Waals surface area contributed by atoms with Gasteiger partial charge in [0.25, 0.3) is 0 Å². The van der Waals surface area contributed by atoms with Crippen molar-refractivity contribution in [3.05, 3.63) is 47.5 Å². The standard InChI is InChI=1S/C18H15N3O2/c1-10-7-8-11(2)17-15(10)16-18(21(17)9-14(22)23)20-13-6-4-3-5-12(13)19-16/h3-8H,9H2,1-2H3,(H,22,23). The second kappa shape index (κ2) is 4.78. The van der Waals surface area contributed by atoms with Gasteiger partial charge in [-0.3, -0.25) is 4.79 Å². The van der Waals surface area contributed by atoms with E-state index in [1.807, 2.05) is 50.2 Å². The van der Waals surface area contributed by atoms with Crippen LogP contribution in [-0.2, 0) is 11.3 Å². The van der Waals surface area contributed by atoms with E-state index >= 15 is 0 Å². The van der Waals surface area contributed by atoms with Crippen LogP contribution in [0, 0.1) is 13.8 Å². The highest BCUT2D eigenvalue weighted by molar-refractivity contribution is 6.09. The van der Waals surface area contributed by atoms with Crippen molar-refractivity contribution >= 4 is 39.1 Å². The number of hydrogen-bond donors (Lipinski definition) is 1. The average Bonchev–Trinajstić information content (AvgIpc) is 2.83. The lowest BCUT2D eigenvalue weighted by Gasteiger charge is -2.06. The van der Waals surface area contributed by atoms with Crippen molar-refractivity contribution in [2.45, 2.75) is 20.4 Å². The molecule has 2 heterocycles. The number of para-hydroxylation sites is 2. The molecule has 5 heteroatoms. The Kier molecular flexibility index (Phi) is 2.84. The monoisotopic (exact) mass is 305 g/mol. The van der Waals surface area contributed by atoms with Crippen LogP contribution in [0.1, 0.15) is 11.1 Å². The van der Waals surface area contributed by atoms with Crippen molar-refractivity contribution in [1.82, 2.24) is 14.5 Å². The minimum atomic E-state index is -0.889. The van der Waals surface area contributed by atoms with Gasteiger partial charge in [-0.15, -0.1) is 0 Å². The van der Waals surface area contributed by atoms with Gasteiger partial charge in [-0.2, -0.15) is 0 Å². The Bertz CT molecular complexity index is 1100. The molecule has 0 fully saturated rings. The molecule has 0 amide bonds. The lowest BCUT2D eigenvalue weighted by Crippen LogP contribution is -2.09. The molecule has 23 heavy (non-hydrogen) atoms. The molecule has 0 unspecified atom stereocenters. The summed E-state index contributed by atoms with van der Waals surface area (Å²) in [5.41, 5.74) is 5.97. The van der Waals surface area contributed by atoms with E-state index in [1.54, 1.807) is 4.57 Å². The summed E-state index contributed by atoms with van der Waals surface area (Å²) in [6.07, 6.45) is 0. The first-order valence-electron chi connectivity index (χ1n) is 7.43. The van der Waals surface area contributed by atoms with Gasteiger partial charge in [-0.1, -0.05) is 24.3 Å². The summed E-state index contributed by atoms with van der Waals surface area (Å²) in [7, 11) is 0. The number of fused-ring (bicyclic) bond motifs is 4. The van der Waals surface area contributed by atoms with Gasteiger partial charge >= 0.3 is 5.97 Å². The number of carboxylic acid groups (broad SMARTS) is 1. The van der Waals surface area contributed by atoms with Gasteiger partial charge in [0.2, 0.25) is 0 Å². The number of carboxylic acids is 1. The molecule has 0 radical (unpaired) electrons. The first-order valence-corrected chi connectivity index (χ1v) is 7.43. The number of benzene rings is 2. The molecule has 4 aromatic rings. The van der Waals surface area contributed by atoms with Crippen LogP contribution >= 0.6 is 0 Å². The number of nitrogens with zero attached hydrogens (tertiary/aromatic N) is 3. The molecule has 0 aliphatic carbocycles. The van der Waals surface area contributed by atoms with Crippen LogP contribution < -0.4 is 0 Å². The summed E-state index contributed by atoms with van der Waals surface area (Å²) in [5, 5.41) is 10.3. The van der Waals surface area contributed by atoms with Crippen LogP contribution in [0.3, 0.4) is 0 Å². The number of carbonyl (C=O) groups is 1. The summed E-state index contributed by atoms with van der Waals surface area (Å²) in [6.45, 7) is 3.87. The Morgan fingerprint density at radius 1 is 1.04 bits per heavy atom. The fourth-order valence-corrected chi connectivity index (χ4v) is 3.18. The third-order valence-corrected chi connectivity index (χ3v) is 4.20. The Balaban J connectivity index is 2.27. The molecule has 0 saturated carbocycles. The quantitative estimate of drug-likeness (QED) is 0.616. The molecular formula is C18H15N3O2. The number of aromatic nitrogens is 3. The second-order valence-electron chi connectivity index (χ2n) is 5.79. The minimum absolute atomic E-state index is 0.128. The maximum absolute atomic E-state index is 11.3. The van der Waals surface area contributed by atoms with Crippen molar-refractivity contribution in [1.29, 1.82) is 0 Å². The van der Waals surface area contributed by atoms with Gasteiger partial charge in [-0.05, 0) is 37.1 Å². The zero-order valence-corrected chi connectivity index (χ0v) is 12.9.